The Bertz CT molecular complexity index is 194. The molecule has 11 N–H and O–H groups in total. The molecule has 0 fully saturated rings. The second kappa shape index (κ2) is 46.0. The van der Waals surface area contributed by atoms with E-state index in [1.54, 1.807) is 0 Å². The molecule has 0 saturated carbocycles. The topological polar surface area (TPSA) is 223 Å². The molecule has 0 amide bonds. The minimum absolute atomic E-state index is 0.125. The van der Waals surface area contributed by atoms with Gasteiger partial charge in [0, 0.05) is 26.4 Å². The van der Waals surface area contributed by atoms with Gasteiger partial charge in [-0.3, -0.25) is 0 Å². The molecule has 0 aliphatic rings. The van der Waals surface area contributed by atoms with E-state index in [0.29, 0.717) is 0 Å². The van der Waals surface area contributed by atoms with E-state index in [9.17, 15) is 0 Å². The van der Waals surface area contributed by atoms with Crippen molar-refractivity contribution in [2.24, 2.45) is 0 Å². The fraction of sp³-hybridized carbons (Fsp3) is 1.00. The Labute approximate surface area is 174 Å². The maximum Gasteiger partial charge on any atom is 0.100 e. The zero-order chi connectivity index (χ0) is 23.8. The fourth-order valence-corrected chi connectivity index (χ4v) is 0.859. The molecule has 0 spiro atoms. The summed E-state index contributed by atoms with van der Waals surface area (Å²) in [6.07, 6.45) is 3.75. The van der Waals surface area contributed by atoms with Crippen LogP contribution in [-0.4, -0.2) is 128 Å². The number of hydrogen-bond acceptors (Lipinski definition) is 11. The monoisotopic (exact) mass is 438 g/mol. The largest absolute Gasteiger partial charge is 0.396 e. The summed E-state index contributed by atoms with van der Waals surface area (Å²) in [5, 5.41) is 88.0. The molecule has 0 aromatic carbocycles. The Balaban J connectivity index is -0.0000000844. The smallest absolute Gasteiger partial charge is 0.100 e. The van der Waals surface area contributed by atoms with Crippen LogP contribution in [0.15, 0.2) is 0 Å². The Hall–Kier alpha value is -0.440. The average molecular weight is 439 g/mol. The Morgan fingerprint density at radius 3 is 0.759 bits per heavy atom. The lowest BCUT2D eigenvalue weighted by atomic mass is 10.2. The van der Waals surface area contributed by atoms with Crippen molar-refractivity contribution in [1.29, 1.82) is 0 Å². The second-order valence-corrected chi connectivity index (χ2v) is 5.51. The summed E-state index contributed by atoms with van der Waals surface area (Å²) in [5.41, 5.74) is 0. The third kappa shape index (κ3) is 84.9. The van der Waals surface area contributed by atoms with Gasteiger partial charge in [-0.05, 0) is 32.6 Å². The maximum atomic E-state index is 8.30. The highest BCUT2D eigenvalue weighted by Crippen LogP contribution is 1.96. The molecule has 0 bridgehead atoms. The van der Waals surface area contributed by atoms with Gasteiger partial charge in [0.15, 0.2) is 0 Å². The van der Waals surface area contributed by atoms with Crippen LogP contribution in [0.1, 0.15) is 45.4 Å². The first-order valence-electron chi connectivity index (χ1n) is 9.66. The third-order valence-electron chi connectivity index (χ3n) is 2.42. The van der Waals surface area contributed by atoms with Crippen LogP contribution >= 0.6 is 0 Å². The Morgan fingerprint density at radius 2 is 0.655 bits per heavy atom. The van der Waals surface area contributed by atoms with Crippen LogP contribution in [-0.2, 0) is 0 Å². The van der Waals surface area contributed by atoms with Gasteiger partial charge in [0.25, 0.3) is 0 Å². The van der Waals surface area contributed by atoms with Gasteiger partial charge in [-0.1, -0.05) is 12.8 Å². The number of aliphatic hydroxyl groups is 11. The molecule has 0 saturated heterocycles. The molecule has 1 unspecified atom stereocenters. The molecule has 0 rings (SSSR count). The molecular weight excluding hydrogens is 392 g/mol. The summed E-state index contributed by atoms with van der Waals surface area (Å²) in [5.74, 6) is 0. The number of rotatable bonds is 12. The molecule has 0 heterocycles. The minimum atomic E-state index is -0.954. The van der Waals surface area contributed by atoms with Gasteiger partial charge in [0.2, 0.25) is 0 Å². The lowest BCUT2D eigenvalue weighted by Gasteiger charge is -1.96. The lowest BCUT2D eigenvalue weighted by molar-refractivity contribution is 0.0450. The molecule has 0 aliphatic heterocycles. The van der Waals surface area contributed by atoms with E-state index < -0.39 is 12.2 Å². The molecule has 0 aliphatic carbocycles. The van der Waals surface area contributed by atoms with Crippen molar-refractivity contribution in [1.82, 2.24) is 0 Å². The zero-order valence-electron chi connectivity index (χ0n) is 17.7. The molecule has 29 heavy (non-hydrogen) atoms. The van der Waals surface area contributed by atoms with Crippen molar-refractivity contribution in [2.75, 3.05) is 59.5 Å². The lowest BCUT2D eigenvalue weighted by Crippen LogP contribution is -2.15. The highest BCUT2D eigenvalue weighted by atomic mass is 16.3. The van der Waals surface area contributed by atoms with Crippen LogP contribution in [0.2, 0.25) is 0 Å². The van der Waals surface area contributed by atoms with Crippen LogP contribution in [0, 0.1) is 0 Å². The first-order valence-corrected chi connectivity index (χ1v) is 9.66. The molecular formula is C18H46O11. The quantitative estimate of drug-likeness (QED) is 0.137. The highest BCUT2D eigenvalue weighted by molar-refractivity contribution is 4.44. The minimum Gasteiger partial charge on any atom is -0.396 e. The van der Waals surface area contributed by atoms with Crippen molar-refractivity contribution in [2.45, 2.75) is 57.7 Å². The van der Waals surface area contributed by atoms with Gasteiger partial charge in [0.1, 0.15) is 6.10 Å². The van der Waals surface area contributed by atoms with E-state index in [-0.39, 0.29) is 59.5 Å². The van der Waals surface area contributed by atoms with Crippen LogP contribution in [0.3, 0.4) is 0 Å². The third-order valence-corrected chi connectivity index (χ3v) is 2.42. The number of hydrogen-bond donors (Lipinski definition) is 11. The van der Waals surface area contributed by atoms with Crippen LogP contribution in [0.25, 0.3) is 0 Å². The summed E-state index contributed by atoms with van der Waals surface area (Å²) in [7, 11) is 0. The molecule has 0 aromatic heterocycles. The summed E-state index contributed by atoms with van der Waals surface area (Å²) in [6.45, 7) is 1.37. The summed E-state index contributed by atoms with van der Waals surface area (Å²) in [6, 6.07) is 0. The molecule has 0 aromatic rings. The van der Waals surface area contributed by atoms with Crippen molar-refractivity contribution in [3.63, 3.8) is 0 Å². The fourth-order valence-electron chi connectivity index (χ4n) is 0.859. The summed E-state index contributed by atoms with van der Waals surface area (Å²) >= 11 is 0. The van der Waals surface area contributed by atoms with Crippen LogP contribution in [0.5, 0.6) is 0 Å². The van der Waals surface area contributed by atoms with Gasteiger partial charge in [-0.15, -0.1) is 0 Å². The van der Waals surface area contributed by atoms with Gasteiger partial charge >= 0.3 is 0 Å². The van der Waals surface area contributed by atoms with E-state index in [2.05, 4.69) is 0 Å². The van der Waals surface area contributed by atoms with Gasteiger partial charge in [-0.2, -0.15) is 0 Å². The first kappa shape index (κ1) is 39.1. The Morgan fingerprint density at radius 1 is 0.414 bits per heavy atom. The SMILES string of the molecule is CC(O)CO.OCC(O)CO.OCCCCCCO.OCCCCO.OCCO. The molecule has 11 heteroatoms. The number of aliphatic hydroxyl groups excluding tert-OH is 11. The van der Waals surface area contributed by atoms with Crippen molar-refractivity contribution >= 4 is 0 Å². The van der Waals surface area contributed by atoms with Crippen LogP contribution < -0.4 is 0 Å². The Kier molecular flexibility index (Phi) is 62.0. The van der Waals surface area contributed by atoms with Crippen molar-refractivity contribution < 1.29 is 56.2 Å². The predicted octanol–water partition coefficient (Wildman–Crippen LogP) is -3.05. The molecule has 0 radical (unpaired) electrons. The zero-order valence-corrected chi connectivity index (χ0v) is 17.7. The van der Waals surface area contributed by atoms with Gasteiger partial charge in [0.05, 0.1) is 39.1 Å². The maximum absolute atomic E-state index is 8.30. The normalized spacial score (nSPS) is 10.2. The number of unbranched alkanes of at least 4 members (excludes halogenated alkanes) is 4. The van der Waals surface area contributed by atoms with E-state index in [1.807, 2.05) is 0 Å². The van der Waals surface area contributed by atoms with E-state index >= 15 is 0 Å². The van der Waals surface area contributed by atoms with Crippen LogP contribution in [0.4, 0.5) is 0 Å². The molecule has 184 valence electrons. The van der Waals surface area contributed by atoms with E-state index in [4.69, 9.17) is 56.2 Å². The molecule has 1 atom stereocenters. The van der Waals surface area contributed by atoms with Gasteiger partial charge < -0.3 is 56.2 Å². The standard InChI is InChI=1S/C6H14O2.C4H10O2.C3H8O3.C3H8O2.C2H6O2/c7-5-3-1-2-4-6-8;5-3-1-2-4-6;4-1-3(6)2-5;1-3(5)2-4;3-1-2-4/h7-8H,1-6H2;5-6H,1-4H2;3-6H,1-2H2;3-5H,2H2,1H3;3-4H,1-2H2. The first-order chi connectivity index (χ1) is 13.8. The highest BCUT2D eigenvalue weighted by Gasteiger charge is 1.93. The predicted molar refractivity (Wildman–Crippen MR) is 109 cm³/mol. The average Bonchev–Trinajstić information content (AvgIpc) is 2.76. The second-order valence-electron chi connectivity index (χ2n) is 5.51. The van der Waals surface area contributed by atoms with Crippen molar-refractivity contribution in [3.8, 4) is 0 Å². The van der Waals surface area contributed by atoms with Crippen molar-refractivity contribution in [3.05, 3.63) is 0 Å². The molecule has 11 nitrogen and oxygen atoms in total. The van der Waals surface area contributed by atoms with E-state index in [1.165, 1.54) is 6.92 Å². The summed E-state index contributed by atoms with van der Waals surface area (Å²) < 4.78 is 0. The van der Waals surface area contributed by atoms with E-state index in [0.717, 1.165) is 38.5 Å². The summed E-state index contributed by atoms with van der Waals surface area (Å²) in [4.78, 5) is 0. The van der Waals surface area contributed by atoms with Gasteiger partial charge in [-0.25, -0.2) is 0 Å².